The van der Waals surface area contributed by atoms with Crippen LogP contribution in [-0.2, 0) is 4.79 Å². The van der Waals surface area contributed by atoms with Crippen LogP contribution in [0.25, 0.3) is 11.1 Å². The van der Waals surface area contributed by atoms with Crippen molar-refractivity contribution in [2.75, 3.05) is 26.8 Å². The van der Waals surface area contributed by atoms with Gasteiger partial charge in [0.1, 0.15) is 12.3 Å². The Balaban J connectivity index is 1.53. The lowest BCUT2D eigenvalue weighted by atomic mass is 9.73. The van der Waals surface area contributed by atoms with Crippen molar-refractivity contribution >= 4 is 11.9 Å². The number of ether oxygens (including phenoxy) is 1. The van der Waals surface area contributed by atoms with E-state index in [0.29, 0.717) is 6.54 Å². The Labute approximate surface area is 182 Å². The Morgan fingerprint density at radius 1 is 1.13 bits per heavy atom. The number of piperazine rings is 1. The Morgan fingerprint density at radius 3 is 2.29 bits per heavy atom. The van der Waals surface area contributed by atoms with Gasteiger partial charge in [-0.05, 0) is 42.7 Å². The molecular formula is C24H29N3O4. The zero-order chi connectivity index (χ0) is 22.1. The molecule has 164 valence electrons. The number of fused-ring (bicyclic) bond motifs is 1. The number of aliphatic hydroxyl groups is 1. The fourth-order valence-corrected chi connectivity index (χ4v) is 4.67. The maximum Gasteiger partial charge on any atom is 0.318 e. The molecule has 0 radical (unpaired) electrons. The van der Waals surface area contributed by atoms with E-state index in [1.807, 2.05) is 38.1 Å². The number of hydrogen-bond donors (Lipinski definition) is 2. The summed E-state index contributed by atoms with van der Waals surface area (Å²) >= 11 is 0. The van der Waals surface area contributed by atoms with Crippen LogP contribution >= 0.6 is 0 Å². The van der Waals surface area contributed by atoms with E-state index in [1.54, 1.807) is 16.9 Å². The Bertz CT molecular complexity index is 942. The van der Waals surface area contributed by atoms with Crippen LogP contribution in [0.5, 0.6) is 5.75 Å². The molecule has 2 saturated heterocycles. The van der Waals surface area contributed by atoms with Crippen molar-refractivity contribution in [2.45, 2.75) is 37.9 Å². The highest BCUT2D eigenvalue weighted by Crippen LogP contribution is 2.43. The van der Waals surface area contributed by atoms with Crippen molar-refractivity contribution in [3.05, 3.63) is 54.1 Å². The first-order valence-corrected chi connectivity index (χ1v) is 10.6. The van der Waals surface area contributed by atoms with Crippen LogP contribution in [0.3, 0.4) is 0 Å². The summed E-state index contributed by atoms with van der Waals surface area (Å²) in [5, 5.41) is 12.8. The number of hydrogen-bond acceptors (Lipinski definition) is 4. The maximum atomic E-state index is 12.7. The fraction of sp³-hybridized carbons (Fsp3) is 0.417. The molecule has 7 heteroatoms. The fourth-order valence-electron chi connectivity index (χ4n) is 4.67. The highest BCUT2D eigenvalue weighted by atomic mass is 16.5. The number of rotatable bonds is 5. The van der Waals surface area contributed by atoms with Crippen LogP contribution in [0.15, 0.2) is 48.5 Å². The topological polar surface area (TPSA) is 82.1 Å². The summed E-state index contributed by atoms with van der Waals surface area (Å²) in [5.74, 6) is 0.697. The number of amides is 3. The van der Waals surface area contributed by atoms with E-state index < -0.39 is 0 Å². The van der Waals surface area contributed by atoms with Gasteiger partial charge in [0, 0.05) is 18.5 Å². The number of aliphatic hydroxyl groups excluding tert-OH is 1. The van der Waals surface area contributed by atoms with Gasteiger partial charge < -0.3 is 25.0 Å². The molecule has 2 fully saturated rings. The summed E-state index contributed by atoms with van der Waals surface area (Å²) in [6, 6.07) is 15.5. The first-order valence-electron chi connectivity index (χ1n) is 10.6. The number of carbonyl (C=O) groups is 2. The van der Waals surface area contributed by atoms with Crippen molar-refractivity contribution in [1.82, 2.24) is 15.1 Å². The molecule has 7 nitrogen and oxygen atoms in total. The van der Waals surface area contributed by atoms with E-state index >= 15 is 0 Å². The van der Waals surface area contributed by atoms with Crippen LogP contribution in [-0.4, -0.2) is 71.8 Å². The van der Waals surface area contributed by atoms with E-state index in [-0.39, 0.29) is 49.1 Å². The highest BCUT2D eigenvalue weighted by Gasteiger charge is 2.54. The minimum atomic E-state index is -0.250. The van der Waals surface area contributed by atoms with Crippen molar-refractivity contribution in [3.63, 3.8) is 0 Å². The summed E-state index contributed by atoms with van der Waals surface area (Å²) < 4.78 is 5.22. The third-order valence-electron chi connectivity index (χ3n) is 6.17. The van der Waals surface area contributed by atoms with Crippen LogP contribution in [0.4, 0.5) is 4.79 Å². The molecule has 2 N–H and O–H groups in total. The van der Waals surface area contributed by atoms with Gasteiger partial charge in [0.15, 0.2) is 0 Å². The molecule has 4 rings (SSSR count). The van der Waals surface area contributed by atoms with Crippen molar-refractivity contribution < 1.29 is 19.4 Å². The quantitative estimate of drug-likeness (QED) is 0.774. The van der Waals surface area contributed by atoms with Gasteiger partial charge in [-0.25, -0.2) is 4.79 Å². The molecule has 3 amide bonds. The lowest BCUT2D eigenvalue weighted by Crippen LogP contribution is -2.74. The highest BCUT2D eigenvalue weighted by molar-refractivity contribution is 5.87. The molecule has 31 heavy (non-hydrogen) atoms. The SMILES string of the molecule is COc1ccc(-c2ccc([C@@H]3[C@@H](CO)N4C(=O)CN(C(=O)NC(C)C)C[C@H]34)cc2)cc1. The summed E-state index contributed by atoms with van der Waals surface area (Å²) in [7, 11) is 1.65. The third-order valence-corrected chi connectivity index (χ3v) is 6.17. The number of carbonyl (C=O) groups excluding carboxylic acids is 2. The molecule has 0 unspecified atom stereocenters. The first kappa shape index (κ1) is 21.2. The number of methoxy groups -OCH3 is 1. The predicted octanol–water partition coefficient (Wildman–Crippen LogP) is 2.45. The summed E-state index contributed by atoms with van der Waals surface area (Å²) in [5.41, 5.74) is 3.24. The van der Waals surface area contributed by atoms with Crippen LogP contribution in [0.2, 0.25) is 0 Å². The van der Waals surface area contributed by atoms with E-state index in [1.165, 1.54) is 0 Å². The normalized spacial score (nSPS) is 22.7. The predicted molar refractivity (Wildman–Crippen MR) is 118 cm³/mol. The molecule has 0 saturated carbocycles. The summed E-state index contributed by atoms with van der Waals surface area (Å²) in [4.78, 5) is 28.5. The minimum absolute atomic E-state index is 0.00600. The number of urea groups is 1. The van der Waals surface area contributed by atoms with E-state index in [4.69, 9.17) is 4.74 Å². The van der Waals surface area contributed by atoms with Crippen molar-refractivity contribution in [2.24, 2.45) is 0 Å². The average molecular weight is 424 g/mol. The smallest absolute Gasteiger partial charge is 0.318 e. The Morgan fingerprint density at radius 2 is 1.74 bits per heavy atom. The monoisotopic (exact) mass is 423 g/mol. The molecule has 2 heterocycles. The molecular weight excluding hydrogens is 394 g/mol. The molecule has 2 aliphatic heterocycles. The standard InChI is InChI=1S/C24H29N3O4/c1-15(2)25-24(30)26-12-20-23(21(14-28)27(20)22(29)13-26)18-6-4-16(5-7-18)17-8-10-19(31-3)11-9-17/h4-11,15,20-21,23,28H,12-14H2,1-3H3,(H,25,30)/t20-,21-,23+/m1/s1. The van der Waals surface area contributed by atoms with Gasteiger partial charge in [0.05, 0.1) is 25.8 Å². The zero-order valence-electron chi connectivity index (χ0n) is 18.1. The maximum absolute atomic E-state index is 12.7. The van der Waals surface area contributed by atoms with Crippen LogP contribution in [0, 0.1) is 0 Å². The second-order valence-corrected chi connectivity index (χ2v) is 8.48. The summed E-state index contributed by atoms with van der Waals surface area (Å²) in [6.45, 7) is 4.22. The largest absolute Gasteiger partial charge is 0.497 e. The van der Waals surface area contributed by atoms with Crippen LogP contribution < -0.4 is 10.1 Å². The molecule has 2 aliphatic rings. The molecule has 0 spiro atoms. The van der Waals surface area contributed by atoms with Gasteiger partial charge in [0.2, 0.25) is 5.91 Å². The van der Waals surface area contributed by atoms with Gasteiger partial charge in [-0.15, -0.1) is 0 Å². The number of nitrogens with one attached hydrogen (secondary N) is 1. The molecule has 2 aromatic carbocycles. The third kappa shape index (κ3) is 3.97. The zero-order valence-corrected chi connectivity index (χ0v) is 18.1. The van der Waals surface area contributed by atoms with E-state index in [0.717, 1.165) is 22.4 Å². The van der Waals surface area contributed by atoms with E-state index in [9.17, 15) is 14.7 Å². The lowest BCUT2D eigenvalue weighted by molar-refractivity contribution is -0.159. The average Bonchev–Trinajstić information content (AvgIpc) is 2.75. The van der Waals surface area contributed by atoms with Gasteiger partial charge in [-0.1, -0.05) is 36.4 Å². The molecule has 0 aliphatic carbocycles. The second-order valence-electron chi connectivity index (χ2n) is 8.48. The second kappa shape index (κ2) is 8.59. The Hall–Kier alpha value is -3.06. The van der Waals surface area contributed by atoms with Gasteiger partial charge in [-0.3, -0.25) is 4.79 Å². The van der Waals surface area contributed by atoms with Crippen molar-refractivity contribution in [1.29, 1.82) is 0 Å². The molecule has 0 aromatic heterocycles. The molecule has 3 atom stereocenters. The Kier molecular flexibility index (Phi) is 5.87. The van der Waals surface area contributed by atoms with Gasteiger partial charge >= 0.3 is 6.03 Å². The number of benzene rings is 2. The molecule has 0 bridgehead atoms. The lowest BCUT2D eigenvalue weighted by Gasteiger charge is -2.58. The summed E-state index contributed by atoms with van der Waals surface area (Å²) in [6.07, 6.45) is 0. The first-order chi connectivity index (χ1) is 14.9. The number of nitrogens with zero attached hydrogens (tertiary/aromatic N) is 2. The van der Waals surface area contributed by atoms with Crippen LogP contribution in [0.1, 0.15) is 25.3 Å². The van der Waals surface area contributed by atoms with E-state index in [2.05, 4.69) is 29.6 Å². The van der Waals surface area contributed by atoms with Crippen molar-refractivity contribution in [3.8, 4) is 16.9 Å². The minimum Gasteiger partial charge on any atom is -0.497 e. The molecule has 2 aromatic rings. The van der Waals surface area contributed by atoms with Gasteiger partial charge in [-0.2, -0.15) is 0 Å². The van der Waals surface area contributed by atoms with Gasteiger partial charge in [0.25, 0.3) is 0 Å².